The van der Waals surface area contributed by atoms with Crippen LogP contribution in [0.4, 0.5) is 0 Å². The summed E-state index contributed by atoms with van der Waals surface area (Å²) in [6.07, 6.45) is -0.703. The highest BCUT2D eigenvalue weighted by molar-refractivity contribution is 6.30. The second-order valence-electron chi connectivity index (χ2n) is 5.73. The van der Waals surface area contributed by atoms with E-state index in [2.05, 4.69) is 15.2 Å². The van der Waals surface area contributed by atoms with Gasteiger partial charge in [0.25, 0.3) is 0 Å². The van der Waals surface area contributed by atoms with Crippen LogP contribution in [0.2, 0.25) is 5.02 Å². The number of aromatic nitrogens is 4. The molecule has 0 amide bonds. The first-order valence-corrected chi connectivity index (χ1v) is 8.21. The number of imidazole rings is 1. The van der Waals surface area contributed by atoms with Crippen molar-refractivity contribution in [3.8, 4) is 11.5 Å². The van der Waals surface area contributed by atoms with Gasteiger partial charge in [0, 0.05) is 10.6 Å². The van der Waals surface area contributed by atoms with Gasteiger partial charge in [-0.25, -0.2) is 4.98 Å². The monoisotopic (exact) mass is 354 g/mol. The number of fused-ring (bicyclic) bond motifs is 1. The third-order valence-corrected chi connectivity index (χ3v) is 4.16. The molecule has 0 fully saturated rings. The number of hydrogen-bond acceptors (Lipinski definition) is 5. The molecule has 0 spiro atoms. The van der Waals surface area contributed by atoms with Crippen molar-refractivity contribution in [3.05, 3.63) is 65.3 Å². The minimum Gasteiger partial charge on any atom is -0.419 e. The molecule has 0 aliphatic heterocycles. The molecular formula is C18H15ClN4O2. The third kappa shape index (κ3) is 3.01. The van der Waals surface area contributed by atoms with Gasteiger partial charge in [-0.1, -0.05) is 23.7 Å². The van der Waals surface area contributed by atoms with Gasteiger partial charge in [0.1, 0.15) is 18.5 Å². The number of hydrogen-bond donors (Lipinski definition) is 1. The average molecular weight is 355 g/mol. The Kier molecular flexibility index (Phi) is 3.99. The summed E-state index contributed by atoms with van der Waals surface area (Å²) >= 11 is 5.90. The Morgan fingerprint density at radius 1 is 1.12 bits per heavy atom. The average Bonchev–Trinajstić information content (AvgIpc) is 3.21. The zero-order chi connectivity index (χ0) is 17.4. The van der Waals surface area contributed by atoms with Crippen molar-refractivity contribution in [2.45, 2.75) is 19.6 Å². The topological polar surface area (TPSA) is 77.0 Å². The Bertz CT molecular complexity index is 1020. The maximum absolute atomic E-state index is 10.0. The molecule has 2 aromatic heterocycles. The first-order valence-electron chi connectivity index (χ1n) is 7.83. The highest BCUT2D eigenvalue weighted by Crippen LogP contribution is 2.24. The van der Waals surface area contributed by atoms with Gasteiger partial charge in [-0.3, -0.25) is 0 Å². The first-order chi connectivity index (χ1) is 12.1. The maximum atomic E-state index is 10.0. The Labute approximate surface area is 148 Å². The van der Waals surface area contributed by atoms with Crippen LogP contribution in [0, 0.1) is 0 Å². The standard InChI is InChI=1S/C18H15ClN4O2/c1-11(24)17-20-14-4-2-3-5-15(14)23(17)10-16-21-22-18(25-16)12-6-8-13(19)9-7-12/h2-9,11,24H,10H2,1H3/t11-/m0/s1. The molecule has 6 nitrogen and oxygen atoms in total. The third-order valence-electron chi connectivity index (χ3n) is 3.91. The Morgan fingerprint density at radius 3 is 2.64 bits per heavy atom. The molecule has 0 unspecified atom stereocenters. The largest absolute Gasteiger partial charge is 0.419 e. The van der Waals surface area contributed by atoms with Crippen molar-refractivity contribution in [2.24, 2.45) is 0 Å². The molecule has 4 aromatic rings. The van der Waals surface area contributed by atoms with Gasteiger partial charge in [-0.15, -0.1) is 10.2 Å². The molecule has 25 heavy (non-hydrogen) atoms. The summed E-state index contributed by atoms with van der Waals surface area (Å²) in [6.45, 7) is 2.02. The molecule has 1 N–H and O–H groups in total. The normalized spacial score (nSPS) is 12.6. The van der Waals surface area contributed by atoms with Crippen molar-refractivity contribution in [1.82, 2.24) is 19.7 Å². The van der Waals surface area contributed by atoms with E-state index in [9.17, 15) is 5.11 Å². The maximum Gasteiger partial charge on any atom is 0.247 e. The number of aliphatic hydroxyl groups is 1. The van der Waals surface area contributed by atoms with Gasteiger partial charge in [0.2, 0.25) is 11.8 Å². The molecular weight excluding hydrogens is 340 g/mol. The van der Waals surface area contributed by atoms with Gasteiger partial charge in [0.15, 0.2) is 0 Å². The van der Waals surface area contributed by atoms with E-state index in [1.54, 1.807) is 19.1 Å². The second kappa shape index (κ2) is 6.31. The predicted molar refractivity (Wildman–Crippen MR) is 94.2 cm³/mol. The van der Waals surface area contributed by atoms with Crippen molar-refractivity contribution in [3.63, 3.8) is 0 Å². The van der Waals surface area contributed by atoms with Crippen LogP contribution in [-0.2, 0) is 6.54 Å². The van der Waals surface area contributed by atoms with Gasteiger partial charge in [-0.05, 0) is 43.3 Å². The van der Waals surface area contributed by atoms with Crippen LogP contribution >= 0.6 is 11.6 Å². The molecule has 0 aliphatic carbocycles. The van der Waals surface area contributed by atoms with Crippen LogP contribution < -0.4 is 0 Å². The zero-order valence-electron chi connectivity index (χ0n) is 13.4. The van der Waals surface area contributed by atoms with Gasteiger partial charge < -0.3 is 14.1 Å². The molecule has 0 bridgehead atoms. The van der Waals surface area contributed by atoms with E-state index >= 15 is 0 Å². The minimum absolute atomic E-state index is 0.335. The van der Waals surface area contributed by atoms with Crippen molar-refractivity contribution in [2.75, 3.05) is 0 Å². The molecule has 4 rings (SSSR count). The van der Waals surface area contributed by atoms with Crippen LogP contribution in [0.3, 0.4) is 0 Å². The van der Waals surface area contributed by atoms with Crippen LogP contribution in [0.25, 0.3) is 22.5 Å². The van der Waals surface area contributed by atoms with E-state index in [0.29, 0.717) is 29.2 Å². The highest BCUT2D eigenvalue weighted by Gasteiger charge is 2.17. The fraction of sp³-hybridized carbons (Fsp3) is 0.167. The summed E-state index contributed by atoms with van der Waals surface area (Å²) in [4.78, 5) is 4.49. The fourth-order valence-corrected chi connectivity index (χ4v) is 2.87. The predicted octanol–water partition coefficient (Wildman–Crippen LogP) is 3.84. The summed E-state index contributed by atoms with van der Waals surface area (Å²) in [5.74, 6) is 1.43. The summed E-state index contributed by atoms with van der Waals surface area (Å²) in [6, 6.07) is 14.9. The summed E-state index contributed by atoms with van der Waals surface area (Å²) < 4.78 is 7.66. The molecule has 2 heterocycles. The lowest BCUT2D eigenvalue weighted by molar-refractivity contribution is 0.184. The van der Waals surface area contributed by atoms with E-state index in [0.717, 1.165) is 16.6 Å². The Morgan fingerprint density at radius 2 is 1.88 bits per heavy atom. The van der Waals surface area contributed by atoms with E-state index in [4.69, 9.17) is 16.0 Å². The molecule has 0 radical (unpaired) electrons. The van der Waals surface area contributed by atoms with Gasteiger partial charge in [0.05, 0.1) is 11.0 Å². The Hall–Kier alpha value is -2.70. The lowest BCUT2D eigenvalue weighted by Crippen LogP contribution is -2.08. The lowest BCUT2D eigenvalue weighted by Gasteiger charge is -2.08. The summed E-state index contributed by atoms with van der Waals surface area (Å²) in [5.41, 5.74) is 2.52. The minimum atomic E-state index is -0.703. The van der Waals surface area contributed by atoms with E-state index in [-0.39, 0.29) is 0 Å². The van der Waals surface area contributed by atoms with Crippen molar-refractivity contribution < 1.29 is 9.52 Å². The number of nitrogens with zero attached hydrogens (tertiary/aromatic N) is 4. The number of aliphatic hydroxyl groups excluding tert-OH is 1. The lowest BCUT2D eigenvalue weighted by atomic mass is 10.2. The SMILES string of the molecule is C[C@H](O)c1nc2ccccc2n1Cc1nnc(-c2ccc(Cl)cc2)o1. The van der Waals surface area contributed by atoms with Crippen LogP contribution in [-0.4, -0.2) is 24.9 Å². The molecule has 1 atom stereocenters. The van der Waals surface area contributed by atoms with Crippen molar-refractivity contribution in [1.29, 1.82) is 0 Å². The Balaban J connectivity index is 1.70. The quantitative estimate of drug-likeness (QED) is 0.602. The fourth-order valence-electron chi connectivity index (χ4n) is 2.74. The van der Waals surface area contributed by atoms with Crippen molar-refractivity contribution >= 4 is 22.6 Å². The van der Waals surface area contributed by atoms with Crippen LogP contribution in [0.5, 0.6) is 0 Å². The molecule has 0 saturated heterocycles. The summed E-state index contributed by atoms with van der Waals surface area (Å²) in [7, 11) is 0. The van der Waals surface area contributed by atoms with E-state index < -0.39 is 6.10 Å². The van der Waals surface area contributed by atoms with Crippen LogP contribution in [0.1, 0.15) is 24.7 Å². The molecule has 126 valence electrons. The van der Waals surface area contributed by atoms with E-state index in [1.807, 2.05) is 41.0 Å². The number of para-hydroxylation sites is 2. The molecule has 7 heteroatoms. The second-order valence-corrected chi connectivity index (χ2v) is 6.17. The highest BCUT2D eigenvalue weighted by atomic mass is 35.5. The van der Waals surface area contributed by atoms with Gasteiger partial charge >= 0.3 is 0 Å². The first kappa shape index (κ1) is 15.8. The molecule has 0 aliphatic rings. The van der Waals surface area contributed by atoms with E-state index in [1.165, 1.54) is 0 Å². The molecule has 0 saturated carbocycles. The number of benzene rings is 2. The number of halogens is 1. The van der Waals surface area contributed by atoms with Gasteiger partial charge in [-0.2, -0.15) is 0 Å². The number of rotatable bonds is 4. The smallest absolute Gasteiger partial charge is 0.247 e. The zero-order valence-corrected chi connectivity index (χ0v) is 14.2. The molecule has 2 aromatic carbocycles. The van der Waals surface area contributed by atoms with Crippen LogP contribution in [0.15, 0.2) is 52.9 Å². The summed E-state index contributed by atoms with van der Waals surface area (Å²) in [5, 5.41) is 18.9.